The van der Waals surface area contributed by atoms with E-state index in [0.29, 0.717) is 5.75 Å². The number of rotatable bonds is 5. The Bertz CT molecular complexity index is 590. The maximum Gasteiger partial charge on any atom is 0.142 e. The predicted molar refractivity (Wildman–Crippen MR) is 75.8 cm³/mol. The predicted octanol–water partition coefficient (Wildman–Crippen LogP) is 3.41. The first-order chi connectivity index (χ1) is 9.63. The summed E-state index contributed by atoms with van der Waals surface area (Å²) in [5.74, 6) is 1.06. The molecule has 4 nitrogen and oxygen atoms in total. The number of pyridine rings is 1. The zero-order valence-electron chi connectivity index (χ0n) is 11.7. The highest BCUT2D eigenvalue weighted by Crippen LogP contribution is 2.31. The number of halogens is 1. The van der Waals surface area contributed by atoms with Crippen LogP contribution in [0.4, 0.5) is 10.1 Å². The minimum Gasteiger partial charge on any atom is -0.497 e. The number of ether oxygens (including phenoxy) is 2. The summed E-state index contributed by atoms with van der Waals surface area (Å²) in [5, 5.41) is 3.27. The first kappa shape index (κ1) is 14.1. The van der Waals surface area contributed by atoms with E-state index in [0.717, 1.165) is 17.0 Å². The number of benzene rings is 1. The first-order valence-electron chi connectivity index (χ1n) is 6.23. The third kappa shape index (κ3) is 3.17. The van der Waals surface area contributed by atoms with Crippen LogP contribution in [-0.4, -0.2) is 19.2 Å². The topological polar surface area (TPSA) is 43.4 Å². The molecule has 0 aliphatic rings. The summed E-state index contributed by atoms with van der Waals surface area (Å²) in [6.07, 6.45) is 2.82. The van der Waals surface area contributed by atoms with Gasteiger partial charge >= 0.3 is 0 Å². The molecular formula is C15H17FN2O2. The molecule has 0 fully saturated rings. The van der Waals surface area contributed by atoms with Crippen LogP contribution in [0.1, 0.15) is 18.5 Å². The Morgan fingerprint density at radius 1 is 1.15 bits per heavy atom. The summed E-state index contributed by atoms with van der Waals surface area (Å²) in [7, 11) is 3.20. The highest BCUT2D eigenvalue weighted by Gasteiger charge is 2.11. The van der Waals surface area contributed by atoms with Crippen molar-refractivity contribution in [1.82, 2.24) is 4.98 Å². The summed E-state index contributed by atoms with van der Waals surface area (Å²) in [5.41, 5.74) is 1.54. The van der Waals surface area contributed by atoms with Gasteiger partial charge in [0.1, 0.15) is 17.3 Å². The molecule has 0 aliphatic heterocycles. The van der Waals surface area contributed by atoms with Crippen molar-refractivity contribution in [3.63, 3.8) is 0 Å². The van der Waals surface area contributed by atoms with Gasteiger partial charge < -0.3 is 14.8 Å². The zero-order chi connectivity index (χ0) is 14.5. The average Bonchev–Trinajstić information content (AvgIpc) is 2.47. The van der Waals surface area contributed by atoms with Gasteiger partial charge in [-0.1, -0.05) is 0 Å². The van der Waals surface area contributed by atoms with Crippen molar-refractivity contribution in [2.24, 2.45) is 0 Å². The Hall–Kier alpha value is -2.30. The molecule has 0 aliphatic carbocycles. The maximum atomic E-state index is 13.2. The molecule has 2 rings (SSSR count). The molecular weight excluding hydrogens is 259 g/mol. The SMILES string of the molecule is COc1ccc(OC)c(NC(C)c2cncc(F)c2)c1. The second-order valence-electron chi connectivity index (χ2n) is 4.37. The Labute approximate surface area is 117 Å². The van der Waals surface area contributed by atoms with Crippen LogP contribution in [0, 0.1) is 5.82 Å². The van der Waals surface area contributed by atoms with E-state index in [1.807, 2.05) is 25.1 Å². The van der Waals surface area contributed by atoms with Crippen LogP contribution in [0.25, 0.3) is 0 Å². The molecule has 1 unspecified atom stereocenters. The van der Waals surface area contributed by atoms with E-state index in [4.69, 9.17) is 9.47 Å². The minimum absolute atomic E-state index is 0.112. The molecule has 20 heavy (non-hydrogen) atoms. The smallest absolute Gasteiger partial charge is 0.142 e. The van der Waals surface area contributed by atoms with Crippen LogP contribution in [0.3, 0.4) is 0 Å². The van der Waals surface area contributed by atoms with Gasteiger partial charge in [-0.05, 0) is 30.7 Å². The normalized spacial score (nSPS) is 11.8. The van der Waals surface area contributed by atoms with E-state index < -0.39 is 0 Å². The van der Waals surface area contributed by atoms with Crippen molar-refractivity contribution in [3.8, 4) is 11.5 Å². The van der Waals surface area contributed by atoms with Crippen LogP contribution < -0.4 is 14.8 Å². The van der Waals surface area contributed by atoms with Crippen LogP contribution in [0.15, 0.2) is 36.7 Å². The van der Waals surface area contributed by atoms with Crippen molar-refractivity contribution in [1.29, 1.82) is 0 Å². The van der Waals surface area contributed by atoms with E-state index in [2.05, 4.69) is 10.3 Å². The van der Waals surface area contributed by atoms with Gasteiger partial charge in [-0.2, -0.15) is 0 Å². The second-order valence-corrected chi connectivity index (χ2v) is 4.37. The van der Waals surface area contributed by atoms with Crippen LogP contribution in [-0.2, 0) is 0 Å². The number of aromatic nitrogens is 1. The van der Waals surface area contributed by atoms with Crippen LogP contribution in [0.2, 0.25) is 0 Å². The lowest BCUT2D eigenvalue weighted by molar-refractivity contribution is 0.404. The van der Waals surface area contributed by atoms with Crippen LogP contribution in [0.5, 0.6) is 11.5 Å². The van der Waals surface area contributed by atoms with E-state index in [1.165, 1.54) is 12.3 Å². The van der Waals surface area contributed by atoms with Crippen LogP contribution >= 0.6 is 0 Å². The monoisotopic (exact) mass is 276 g/mol. The van der Waals surface area contributed by atoms with Gasteiger partial charge in [0.25, 0.3) is 0 Å². The molecule has 106 valence electrons. The fourth-order valence-electron chi connectivity index (χ4n) is 1.91. The molecule has 1 aromatic carbocycles. The van der Waals surface area contributed by atoms with Crippen molar-refractivity contribution in [2.45, 2.75) is 13.0 Å². The molecule has 0 radical (unpaired) electrons. The number of hydrogen-bond acceptors (Lipinski definition) is 4. The highest BCUT2D eigenvalue weighted by molar-refractivity contribution is 5.60. The summed E-state index contributed by atoms with van der Waals surface area (Å²) in [6, 6.07) is 6.81. The summed E-state index contributed by atoms with van der Waals surface area (Å²) in [4.78, 5) is 3.85. The summed E-state index contributed by atoms with van der Waals surface area (Å²) in [6.45, 7) is 1.93. The van der Waals surface area contributed by atoms with Gasteiger partial charge in [-0.25, -0.2) is 4.39 Å². The van der Waals surface area contributed by atoms with Gasteiger partial charge in [-0.3, -0.25) is 4.98 Å². The zero-order valence-corrected chi connectivity index (χ0v) is 11.7. The molecule has 2 aromatic rings. The number of nitrogens with one attached hydrogen (secondary N) is 1. The maximum absolute atomic E-state index is 13.2. The molecule has 1 aromatic heterocycles. The lowest BCUT2D eigenvalue weighted by atomic mass is 10.1. The third-order valence-corrected chi connectivity index (χ3v) is 3.00. The van der Waals surface area contributed by atoms with E-state index in [9.17, 15) is 4.39 Å². The Kier molecular flexibility index (Phi) is 4.40. The number of nitrogens with zero attached hydrogens (tertiary/aromatic N) is 1. The second kappa shape index (κ2) is 6.23. The van der Waals surface area contributed by atoms with Gasteiger partial charge in [0.05, 0.1) is 32.1 Å². The number of anilines is 1. The van der Waals surface area contributed by atoms with Crippen molar-refractivity contribution in [3.05, 3.63) is 48.0 Å². The van der Waals surface area contributed by atoms with Gasteiger partial charge in [0, 0.05) is 12.3 Å². The molecule has 0 saturated heterocycles. The van der Waals surface area contributed by atoms with Crippen molar-refractivity contribution >= 4 is 5.69 Å². The van der Waals surface area contributed by atoms with Gasteiger partial charge in [0.15, 0.2) is 0 Å². The molecule has 0 saturated carbocycles. The van der Waals surface area contributed by atoms with Gasteiger partial charge in [-0.15, -0.1) is 0 Å². The highest BCUT2D eigenvalue weighted by atomic mass is 19.1. The molecule has 1 atom stereocenters. The van der Waals surface area contributed by atoms with Crippen molar-refractivity contribution in [2.75, 3.05) is 19.5 Å². The standard InChI is InChI=1S/C15H17FN2O2/c1-10(11-6-12(16)9-17-8-11)18-14-7-13(19-2)4-5-15(14)20-3/h4-10,18H,1-3H3. The fourth-order valence-corrected chi connectivity index (χ4v) is 1.91. The van der Waals surface area contributed by atoms with E-state index in [-0.39, 0.29) is 11.9 Å². The largest absolute Gasteiger partial charge is 0.497 e. The Morgan fingerprint density at radius 2 is 1.95 bits per heavy atom. The molecule has 0 bridgehead atoms. The molecule has 1 heterocycles. The number of methoxy groups -OCH3 is 2. The summed E-state index contributed by atoms with van der Waals surface area (Å²) < 4.78 is 23.7. The van der Waals surface area contributed by atoms with Gasteiger partial charge in [0.2, 0.25) is 0 Å². The molecule has 0 amide bonds. The first-order valence-corrected chi connectivity index (χ1v) is 6.23. The average molecular weight is 276 g/mol. The van der Waals surface area contributed by atoms with Crippen molar-refractivity contribution < 1.29 is 13.9 Å². The molecule has 5 heteroatoms. The Balaban J connectivity index is 2.24. The molecule has 1 N–H and O–H groups in total. The lowest BCUT2D eigenvalue weighted by Gasteiger charge is -2.18. The van der Waals surface area contributed by atoms with E-state index in [1.54, 1.807) is 20.4 Å². The number of hydrogen-bond donors (Lipinski definition) is 1. The third-order valence-electron chi connectivity index (χ3n) is 3.00. The van der Waals surface area contributed by atoms with E-state index >= 15 is 0 Å². The molecule has 0 spiro atoms. The fraction of sp³-hybridized carbons (Fsp3) is 0.267. The quantitative estimate of drug-likeness (QED) is 0.908. The Morgan fingerprint density at radius 3 is 2.60 bits per heavy atom. The minimum atomic E-state index is -0.353. The lowest BCUT2D eigenvalue weighted by Crippen LogP contribution is -2.08. The summed E-state index contributed by atoms with van der Waals surface area (Å²) >= 11 is 0.